The maximum Gasteiger partial charge on any atom is 0.128 e. The fraction of sp³-hybridized carbons (Fsp3) is 0.667. The van der Waals surface area contributed by atoms with E-state index in [1.165, 1.54) is 0 Å². The number of rotatable bonds is 5. The summed E-state index contributed by atoms with van der Waals surface area (Å²) >= 11 is 7.74. The normalized spacial score (nSPS) is 13.1. The van der Waals surface area contributed by atoms with Gasteiger partial charge in [-0.25, -0.2) is 4.98 Å². The molecule has 0 aliphatic heterocycles. The molecule has 0 aliphatic rings. The monoisotopic (exact) mass is 233 g/mol. The van der Waals surface area contributed by atoms with Gasteiger partial charge in [-0.3, -0.25) is 0 Å². The number of thioether (sulfide) groups is 1. The molecule has 0 saturated carbocycles. The molecule has 5 heteroatoms. The number of hydrogen-bond acceptors (Lipinski definition) is 3. The van der Waals surface area contributed by atoms with Gasteiger partial charge in [0.25, 0.3) is 0 Å². The molecule has 0 saturated heterocycles. The average Bonchev–Trinajstić information content (AvgIpc) is 2.46. The van der Waals surface area contributed by atoms with Crippen LogP contribution in [0.1, 0.15) is 19.2 Å². The van der Waals surface area contributed by atoms with E-state index < -0.39 is 0 Å². The molecule has 1 aromatic heterocycles. The SMILES string of the molecule is CC(CCN)SCc1ncc(Cl)n1C. The summed E-state index contributed by atoms with van der Waals surface area (Å²) in [6.07, 6.45) is 2.73. The van der Waals surface area contributed by atoms with E-state index in [2.05, 4.69) is 11.9 Å². The largest absolute Gasteiger partial charge is 0.330 e. The van der Waals surface area contributed by atoms with Crippen molar-refractivity contribution >= 4 is 23.4 Å². The van der Waals surface area contributed by atoms with Crippen LogP contribution in [-0.4, -0.2) is 21.3 Å². The molecule has 3 nitrogen and oxygen atoms in total. The molecule has 1 atom stereocenters. The van der Waals surface area contributed by atoms with Crippen LogP contribution in [0, 0.1) is 0 Å². The van der Waals surface area contributed by atoms with E-state index in [4.69, 9.17) is 17.3 Å². The molecule has 80 valence electrons. The fourth-order valence-electron chi connectivity index (χ4n) is 1.09. The lowest BCUT2D eigenvalue weighted by Gasteiger charge is -2.09. The highest BCUT2D eigenvalue weighted by atomic mass is 35.5. The van der Waals surface area contributed by atoms with Crippen LogP contribution in [0.4, 0.5) is 0 Å². The van der Waals surface area contributed by atoms with Gasteiger partial charge in [-0.1, -0.05) is 18.5 Å². The van der Waals surface area contributed by atoms with E-state index >= 15 is 0 Å². The van der Waals surface area contributed by atoms with Crippen LogP contribution >= 0.6 is 23.4 Å². The van der Waals surface area contributed by atoms with E-state index in [1.54, 1.807) is 6.20 Å². The first-order valence-electron chi connectivity index (χ1n) is 4.63. The van der Waals surface area contributed by atoms with Crippen molar-refractivity contribution in [3.05, 3.63) is 17.2 Å². The summed E-state index contributed by atoms with van der Waals surface area (Å²) in [4.78, 5) is 4.23. The van der Waals surface area contributed by atoms with E-state index in [-0.39, 0.29) is 0 Å². The number of nitrogens with zero attached hydrogens (tertiary/aromatic N) is 2. The van der Waals surface area contributed by atoms with Gasteiger partial charge in [0.05, 0.1) is 11.9 Å². The molecular weight excluding hydrogens is 218 g/mol. The van der Waals surface area contributed by atoms with Gasteiger partial charge < -0.3 is 10.3 Å². The van der Waals surface area contributed by atoms with Gasteiger partial charge in [-0.15, -0.1) is 0 Å². The maximum atomic E-state index is 5.88. The van der Waals surface area contributed by atoms with Crippen LogP contribution in [0.5, 0.6) is 0 Å². The summed E-state index contributed by atoms with van der Waals surface area (Å²) in [5.74, 6) is 1.91. The standard InChI is InChI=1S/C9H16ClN3S/c1-7(3-4-11)14-6-9-12-5-8(10)13(9)2/h5,7H,3-4,6,11H2,1-2H3. The van der Waals surface area contributed by atoms with Crippen LogP contribution < -0.4 is 5.73 Å². The summed E-state index contributed by atoms with van der Waals surface area (Å²) in [5, 5.41) is 1.27. The Morgan fingerprint density at radius 2 is 2.43 bits per heavy atom. The topological polar surface area (TPSA) is 43.8 Å². The molecular formula is C9H16ClN3S. The fourth-order valence-corrected chi connectivity index (χ4v) is 2.24. The zero-order chi connectivity index (χ0) is 10.6. The second kappa shape index (κ2) is 5.63. The minimum Gasteiger partial charge on any atom is -0.330 e. The van der Waals surface area contributed by atoms with Crippen molar-refractivity contribution in [3.8, 4) is 0 Å². The van der Waals surface area contributed by atoms with Crippen LogP contribution in [0.15, 0.2) is 6.20 Å². The Morgan fingerprint density at radius 3 is 2.93 bits per heavy atom. The van der Waals surface area contributed by atoms with Crippen LogP contribution in [0.3, 0.4) is 0 Å². The van der Waals surface area contributed by atoms with Crippen molar-refractivity contribution in [2.45, 2.75) is 24.3 Å². The van der Waals surface area contributed by atoms with Gasteiger partial charge in [0, 0.05) is 12.3 Å². The zero-order valence-corrected chi connectivity index (χ0v) is 10.1. The van der Waals surface area contributed by atoms with E-state index in [1.807, 2.05) is 23.4 Å². The molecule has 0 aliphatic carbocycles. The third-order valence-electron chi connectivity index (χ3n) is 2.10. The van der Waals surface area contributed by atoms with Crippen molar-refractivity contribution in [1.82, 2.24) is 9.55 Å². The Hall–Kier alpha value is -0.190. The van der Waals surface area contributed by atoms with Crippen LogP contribution in [-0.2, 0) is 12.8 Å². The molecule has 1 unspecified atom stereocenters. The molecule has 0 radical (unpaired) electrons. The van der Waals surface area contributed by atoms with Crippen molar-refractivity contribution < 1.29 is 0 Å². The Balaban J connectivity index is 2.41. The highest BCUT2D eigenvalue weighted by Gasteiger charge is 2.07. The summed E-state index contributed by atoms with van der Waals surface area (Å²) in [7, 11) is 1.93. The first-order chi connectivity index (χ1) is 6.65. The lowest BCUT2D eigenvalue weighted by Crippen LogP contribution is -2.08. The van der Waals surface area contributed by atoms with Crippen LogP contribution in [0.2, 0.25) is 5.15 Å². The van der Waals surface area contributed by atoms with Gasteiger partial charge in [0.2, 0.25) is 0 Å². The highest BCUT2D eigenvalue weighted by Crippen LogP contribution is 2.20. The minimum absolute atomic E-state index is 0.579. The molecule has 0 spiro atoms. The van der Waals surface area contributed by atoms with Crippen molar-refractivity contribution in [1.29, 1.82) is 0 Å². The lowest BCUT2D eigenvalue weighted by atomic mass is 10.3. The number of aromatic nitrogens is 2. The van der Waals surface area contributed by atoms with Gasteiger partial charge in [0.1, 0.15) is 11.0 Å². The van der Waals surface area contributed by atoms with E-state index in [0.29, 0.717) is 10.4 Å². The number of imidazole rings is 1. The van der Waals surface area contributed by atoms with Gasteiger partial charge in [0.15, 0.2) is 0 Å². The molecule has 14 heavy (non-hydrogen) atoms. The Kier molecular flexibility index (Phi) is 4.78. The van der Waals surface area contributed by atoms with Crippen LogP contribution in [0.25, 0.3) is 0 Å². The molecule has 0 bridgehead atoms. The highest BCUT2D eigenvalue weighted by molar-refractivity contribution is 7.99. The lowest BCUT2D eigenvalue weighted by molar-refractivity contribution is 0.814. The van der Waals surface area contributed by atoms with Crippen molar-refractivity contribution in [2.24, 2.45) is 12.8 Å². The molecule has 0 amide bonds. The first-order valence-corrected chi connectivity index (χ1v) is 6.05. The second-order valence-electron chi connectivity index (χ2n) is 3.26. The average molecular weight is 234 g/mol. The summed E-state index contributed by atoms with van der Waals surface area (Å²) < 4.78 is 1.91. The van der Waals surface area contributed by atoms with Gasteiger partial charge in [-0.05, 0) is 13.0 Å². The predicted octanol–water partition coefficient (Wildman–Crippen LogP) is 2.04. The van der Waals surface area contributed by atoms with Gasteiger partial charge in [-0.2, -0.15) is 11.8 Å². The Labute approximate surface area is 94.0 Å². The molecule has 0 fully saturated rings. The maximum absolute atomic E-state index is 5.88. The second-order valence-corrected chi connectivity index (χ2v) is 5.07. The molecule has 0 aromatic carbocycles. The van der Waals surface area contributed by atoms with Crippen molar-refractivity contribution in [3.63, 3.8) is 0 Å². The van der Waals surface area contributed by atoms with E-state index in [0.717, 1.165) is 24.5 Å². The van der Waals surface area contributed by atoms with E-state index in [9.17, 15) is 0 Å². The first kappa shape index (κ1) is 11.9. The summed E-state index contributed by atoms with van der Waals surface area (Å²) in [5.41, 5.74) is 5.48. The molecule has 1 aromatic rings. The minimum atomic E-state index is 0.579. The van der Waals surface area contributed by atoms with Crippen molar-refractivity contribution in [2.75, 3.05) is 6.54 Å². The molecule has 1 rings (SSSR count). The molecule has 2 N–H and O–H groups in total. The number of hydrogen-bond donors (Lipinski definition) is 1. The third-order valence-corrected chi connectivity index (χ3v) is 3.68. The zero-order valence-electron chi connectivity index (χ0n) is 8.53. The smallest absolute Gasteiger partial charge is 0.128 e. The number of halogens is 1. The Bertz CT molecular complexity index is 288. The number of nitrogens with two attached hydrogens (primary N) is 1. The summed E-state index contributed by atoms with van der Waals surface area (Å²) in [6.45, 7) is 2.93. The molecule has 1 heterocycles. The van der Waals surface area contributed by atoms with Gasteiger partial charge >= 0.3 is 0 Å². The Morgan fingerprint density at radius 1 is 1.71 bits per heavy atom. The summed E-state index contributed by atoms with van der Waals surface area (Å²) in [6, 6.07) is 0. The predicted molar refractivity (Wildman–Crippen MR) is 62.6 cm³/mol. The third kappa shape index (κ3) is 3.19. The quantitative estimate of drug-likeness (QED) is 0.847.